The van der Waals surface area contributed by atoms with Crippen molar-refractivity contribution >= 4 is 63.7 Å². The normalized spacial score (nSPS) is 19.2. The number of thioether (sulfide) groups is 2. The first-order chi connectivity index (χ1) is 18.7. The number of anilines is 1. The summed E-state index contributed by atoms with van der Waals surface area (Å²) in [5.74, 6) is -2.39. The van der Waals surface area contributed by atoms with Crippen molar-refractivity contribution in [1.82, 2.24) is 40.7 Å². The van der Waals surface area contributed by atoms with Gasteiger partial charge in [0.2, 0.25) is 11.1 Å². The number of fused-ring (bicyclic) bond motifs is 1. The summed E-state index contributed by atoms with van der Waals surface area (Å²) < 4.78 is 1.47. The highest BCUT2D eigenvalue weighted by molar-refractivity contribution is 8.01. The van der Waals surface area contributed by atoms with E-state index in [9.17, 15) is 24.3 Å². The number of nitrogens with one attached hydrogen (secondary N) is 2. The Morgan fingerprint density at radius 1 is 1.28 bits per heavy atom. The zero-order valence-electron chi connectivity index (χ0n) is 20.2. The van der Waals surface area contributed by atoms with Crippen molar-refractivity contribution in [2.45, 2.75) is 22.6 Å². The number of β-lactam (4-membered cyclic amide) rings is 1. The van der Waals surface area contributed by atoms with E-state index >= 15 is 0 Å². The molecule has 0 radical (unpaired) electrons. The van der Waals surface area contributed by atoms with Crippen LogP contribution in [0.5, 0.6) is 0 Å². The van der Waals surface area contributed by atoms with E-state index in [1.54, 1.807) is 37.4 Å². The maximum absolute atomic E-state index is 13.4. The number of thiazole rings is 1. The standard InChI is InChI=1S/C22H21N9O5S3/c1-30-22(27-28-29-30)39-8-11-7-37-19-14(18(34)31(19)15(11)20(35)36)26-17(33)13(10-5-3-2-4-6-10)25-16(32)12-9-38-21(23)24-12/h2-6,9,13-14,19H,7-8H2,1H3,(H2,23,24)(H,25,32)(H,26,33)(H,35,36)/t13?,14?,19-/m1/s1. The molecule has 1 aromatic carbocycles. The second-order valence-electron chi connectivity index (χ2n) is 8.42. The van der Waals surface area contributed by atoms with Gasteiger partial charge in [0.05, 0.1) is 0 Å². The van der Waals surface area contributed by atoms with Crippen LogP contribution in [0.3, 0.4) is 0 Å². The quantitative estimate of drug-likeness (QED) is 0.197. The third-order valence-corrected chi connectivity index (χ3v) is 9.04. The number of aliphatic carboxylic acids is 1. The van der Waals surface area contributed by atoms with Gasteiger partial charge < -0.3 is 21.5 Å². The molecule has 17 heteroatoms. The highest BCUT2D eigenvalue weighted by Gasteiger charge is 2.54. The fourth-order valence-electron chi connectivity index (χ4n) is 4.07. The van der Waals surface area contributed by atoms with Crippen molar-refractivity contribution in [3.63, 3.8) is 0 Å². The minimum Gasteiger partial charge on any atom is -0.477 e. The first-order valence-electron chi connectivity index (χ1n) is 11.4. The number of amides is 3. The lowest BCUT2D eigenvalue weighted by Crippen LogP contribution is -2.71. The molecule has 5 rings (SSSR count). The molecule has 3 atom stereocenters. The Bertz CT molecular complexity index is 1470. The molecule has 3 aromatic rings. The number of carboxylic acids is 1. The van der Waals surface area contributed by atoms with Crippen LogP contribution in [0.4, 0.5) is 5.13 Å². The van der Waals surface area contributed by atoms with Gasteiger partial charge in [0.15, 0.2) is 5.13 Å². The lowest BCUT2D eigenvalue weighted by molar-refractivity contribution is -0.151. The lowest BCUT2D eigenvalue weighted by Gasteiger charge is -2.49. The maximum Gasteiger partial charge on any atom is 0.352 e. The number of aryl methyl sites for hydroxylation is 1. The third-order valence-electron chi connectivity index (χ3n) is 5.93. The van der Waals surface area contributed by atoms with Gasteiger partial charge in [0.1, 0.15) is 28.8 Å². The molecule has 0 bridgehead atoms. The predicted octanol–water partition coefficient (Wildman–Crippen LogP) is 0.251. The molecule has 5 N–H and O–H groups in total. The SMILES string of the molecule is Cn1nnnc1SCC1=C(C(=O)O)N2C(=O)C(NC(=O)C(NC(=O)c3csc(N)n3)c3ccccc3)[C@H]2SC1. The fourth-order valence-corrected chi connectivity index (χ4v) is 6.95. The van der Waals surface area contributed by atoms with E-state index in [1.807, 2.05) is 0 Å². The molecule has 1 saturated heterocycles. The molecule has 1 fully saturated rings. The average Bonchev–Trinajstić information content (AvgIpc) is 3.56. The molecule has 0 aliphatic carbocycles. The lowest BCUT2D eigenvalue weighted by atomic mass is 10.0. The highest BCUT2D eigenvalue weighted by Crippen LogP contribution is 2.41. The van der Waals surface area contributed by atoms with Gasteiger partial charge in [-0.2, -0.15) is 0 Å². The molecule has 3 amide bonds. The molecule has 14 nitrogen and oxygen atoms in total. The first-order valence-corrected chi connectivity index (χ1v) is 14.3. The van der Waals surface area contributed by atoms with Gasteiger partial charge in [-0.25, -0.2) is 14.5 Å². The molecule has 0 saturated carbocycles. The molecule has 2 aromatic heterocycles. The van der Waals surface area contributed by atoms with Gasteiger partial charge in [0, 0.05) is 23.9 Å². The fraction of sp³-hybridized carbons (Fsp3) is 0.273. The number of hydrogen-bond acceptors (Lipinski definition) is 12. The van der Waals surface area contributed by atoms with E-state index in [1.165, 1.54) is 38.5 Å². The zero-order valence-corrected chi connectivity index (χ0v) is 22.6. The van der Waals surface area contributed by atoms with Gasteiger partial charge in [-0.15, -0.1) is 28.2 Å². The second kappa shape index (κ2) is 11.0. The number of carbonyl (C=O) groups excluding carboxylic acids is 3. The molecule has 39 heavy (non-hydrogen) atoms. The molecule has 4 heterocycles. The Balaban J connectivity index is 1.31. The van der Waals surface area contributed by atoms with Crippen molar-refractivity contribution < 1.29 is 24.3 Å². The van der Waals surface area contributed by atoms with Gasteiger partial charge in [-0.05, 0) is 21.6 Å². The number of benzene rings is 1. The van der Waals surface area contributed by atoms with Gasteiger partial charge >= 0.3 is 5.97 Å². The van der Waals surface area contributed by atoms with Crippen LogP contribution in [0.1, 0.15) is 22.1 Å². The molecule has 2 aliphatic heterocycles. The number of tetrazole rings is 1. The van der Waals surface area contributed by atoms with Crippen LogP contribution in [-0.4, -0.2) is 81.8 Å². The van der Waals surface area contributed by atoms with Crippen LogP contribution in [0.25, 0.3) is 0 Å². The summed E-state index contributed by atoms with van der Waals surface area (Å²) >= 11 is 3.70. The summed E-state index contributed by atoms with van der Waals surface area (Å²) in [5.41, 5.74) is 6.63. The van der Waals surface area contributed by atoms with E-state index in [-0.39, 0.29) is 22.3 Å². The monoisotopic (exact) mass is 587 g/mol. The summed E-state index contributed by atoms with van der Waals surface area (Å²) in [6, 6.07) is 6.46. The van der Waals surface area contributed by atoms with Crippen molar-refractivity contribution in [3.05, 3.63) is 58.2 Å². The molecule has 0 spiro atoms. The largest absolute Gasteiger partial charge is 0.477 e. The van der Waals surface area contributed by atoms with E-state index in [2.05, 4.69) is 31.1 Å². The van der Waals surface area contributed by atoms with Gasteiger partial charge in [0.25, 0.3) is 11.8 Å². The minimum atomic E-state index is -1.23. The Hall–Kier alpha value is -3.96. The zero-order chi connectivity index (χ0) is 27.7. The number of nitrogens with two attached hydrogens (primary N) is 1. The summed E-state index contributed by atoms with van der Waals surface area (Å²) in [5, 5.41) is 28.1. The molecule has 202 valence electrons. The van der Waals surface area contributed by atoms with Crippen LogP contribution in [0.2, 0.25) is 0 Å². The number of carbonyl (C=O) groups is 4. The van der Waals surface area contributed by atoms with Crippen LogP contribution in [0, 0.1) is 0 Å². The number of nitrogen functional groups attached to an aromatic ring is 1. The second-order valence-corrected chi connectivity index (χ2v) is 11.4. The van der Waals surface area contributed by atoms with Gasteiger partial charge in [-0.1, -0.05) is 42.1 Å². The van der Waals surface area contributed by atoms with E-state index in [0.29, 0.717) is 22.0 Å². The van der Waals surface area contributed by atoms with Crippen molar-refractivity contribution in [1.29, 1.82) is 0 Å². The topological polar surface area (TPSA) is 198 Å². The molecular weight excluding hydrogens is 567 g/mol. The third kappa shape index (κ3) is 5.32. The molecular formula is C22H21N9O5S3. The number of aromatic nitrogens is 5. The first kappa shape index (κ1) is 26.6. The predicted molar refractivity (Wildman–Crippen MR) is 142 cm³/mol. The molecule has 2 unspecified atom stereocenters. The number of rotatable bonds is 9. The summed E-state index contributed by atoms with van der Waals surface area (Å²) in [6.07, 6.45) is 0. The number of nitrogens with zero attached hydrogens (tertiary/aromatic N) is 6. The number of hydrogen-bond donors (Lipinski definition) is 4. The Morgan fingerprint density at radius 2 is 2.05 bits per heavy atom. The smallest absolute Gasteiger partial charge is 0.352 e. The highest BCUT2D eigenvalue weighted by atomic mass is 32.2. The summed E-state index contributed by atoms with van der Waals surface area (Å²) in [4.78, 5) is 56.6. The van der Waals surface area contributed by atoms with Crippen LogP contribution in [0.15, 0.2) is 52.1 Å². The summed E-state index contributed by atoms with van der Waals surface area (Å²) in [6.45, 7) is 0. The van der Waals surface area contributed by atoms with Crippen LogP contribution < -0.4 is 16.4 Å². The van der Waals surface area contributed by atoms with Gasteiger partial charge in [-0.3, -0.25) is 19.3 Å². The van der Waals surface area contributed by atoms with Crippen LogP contribution >= 0.6 is 34.9 Å². The Kier molecular flexibility index (Phi) is 7.53. The van der Waals surface area contributed by atoms with E-state index in [4.69, 9.17) is 5.73 Å². The Labute approximate surface area is 233 Å². The van der Waals surface area contributed by atoms with E-state index in [0.717, 1.165) is 11.3 Å². The van der Waals surface area contributed by atoms with Crippen molar-refractivity contribution in [2.75, 3.05) is 17.2 Å². The number of carboxylic acid groups (broad SMARTS) is 1. The summed E-state index contributed by atoms with van der Waals surface area (Å²) in [7, 11) is 1.67. The minimum absolute atomic E-state index is 0.0682. The average molecular weight is 588 g/mol. The van der Waals surface area contributed by atoms with Crippen molar-refractivity contribution in [2.24, 2.45) is 7.05 Å². The molecule has 2 aliphatic rings. The van der Waals surface area contributed by atoms with Crippen LogP contribution in [-0.2, 0) is 21.4 Å². The van der Waals surface area contributed by atoms with E-state index < -0.39 is 41.1 Å². The Morgan fingerprint density at radius 3 is 2.69 bits per heavy atom. The maximum atomic E-state index is 13.4. The van der Waals surface area contributed by atoms with Crippen molar-refractivity contribution in [3.8, 4) is 0 Å².